The number of methoxy groups -OCH3 is 1. The highest BCUT2D eigenvalue weighted by molar-refractivity contribution is 5.95. The van der Waals surface area contributed by atoms with Crippen LogP contribution in [-0.4, -0.2) is 70.0 Å². The van der Waals surface area contributed by atoms with Crippen LogP contribution < -0.4 is 15.4 Å². The number of anilines is 2. The molecular formula is C29H31FN6O5. The van der Waals surface area contributed by atoms with Crippen molar-refractivity contribution in [3.63, 3.8) is 0 Å². The quantitative estimate of drug-likeness (QED) is 0.341. The van der Waals surface area contributed by atoms with Crippen molar-refractivity contribution in [1.29, 1.82) is 0 Å². The molecule has 11 nitrogen and oxygen atoms in total. The molecule has 3 N–H and O–H groups in total. The molecule has 41 heavy (non-hydrogen) atoms. The number of aromatic nitrogens is 2. The van der Waals surface area contributed by atoms with Crippen molar-refractivity contribution in [2.75, 3.05) is 44.0 Å². The number of urea groups is 2. The van der Waals surface area contributed by atoms with Gasteiger partial charge < -0.3 is 39.4 Å². The van der Waals surface area contributed by atoms with E-state index in [1.165, 1.54) is 24.3 Å². The summed E-state index contributed by atoms with van der Waals surface area (Å²) in [5.41, 5.74) is 3.66. The van der Waals surface area contributed by atoms with Crippen molar-refractivity contribution in [1.82, 2.24) is 19.5 Å². The minimum atomic E-state index is -0.648. The molecule has 0 unspecified atom stereocenters. The molecule has 1 saturated heterocycles. The van der Waals surface area contributed by atoms with Crippen LogP contribution in [0.4, 0.5) is 25.4 Å². The van der Waals surface area contributed by atoms with E-state index in [2.05, 4.69) is 15.8 Å². The molecule has 2 aliphatic rings. The number of hydrogen-bond acceptors (Lipinski definition) is 6. The van der Waals surface area contributed by atoms with Crippen LogP contribution in [0.15, 0.2) is 47.0 Å². The lowest BCUT2D eigenvalue weighted by Gasteiger charge is -2.56. The lowest BCUT2D eigenvalue weighted by atomic mass is 9.69. The molecule has 2 aliphatic heterocycles. The number of fused-ring (bicyclic) bond motifs is 4. The lowest BCUT2D eigenvalue weighted by molar-refractivity contribution is 0.0362. The molecule has 0 bridgehead atoms. The minimum absolute atomic E-state index is 0.262. The Morgan fingerprint density at radius 1 is 1.12 bits per heavy atom. The van der Waals surface area contributed by atoms with Gasteiger partial charge in [-0.05, 0) is 55.8 Å². The summed E-state index contributed by atoms with van der Waals surface area (Å²) in [5.74, 6) is 0.793. The van der Waals surface area contributed by atoms with Gasteiger partial charge in [0.15, 0.2) is 5.76 Å². The van der Waals surface area contributed by atoms with Crippen LogP contribution in [0.5, 0.6) is 5.75 Å². The fourth-order valence-electron chi connectivity index (χ4n) is 6.23. The van der Waals surface area contributed by atoms with Gasteiger partial charge in [0.25, 0.3) is 0 Å². The molecule has 4 heterocycles. The maximum atomic E-state index is 13.7. The van der Waals surface area contributed by atoms with E-state index < -0.39 is 23.3 Å². The molecule has 2 aromatic carbocycles. The zero-order valence-corrected chi connectivity index (χ0v) is 23.2. The number of ether oxygens (including phenoxy) is 1. The van der Waals surface area contributed by atoms with Gasteiger partial charge >= 0.3 is 12.1 Å². The number of rotatable bonds is 4. The van der Waals surface area contributed by atoms with E-state index in [1.54, 1.807) is 30.8 Å². The van der Waals surface area contributed by atoms with E-state index in [0.29, 0.717) is 41.7 Å². The summed E-state index contributed by atoms with van der Waals surface area (Å²) in [5, 5.41) is 21.2. The molecular weight excluding hydrogens is 531 g/mol. The molecule has 6 rings (SSSR count). The summed E-state index contributed by atoms with van der Waals surface area (Å²) in [6.07, 6.45) is 0. The Bertz CT molecular complexity index is 1640. The molecule has 0 aliphatic carbocycles. The summed E-state index contributed by atoms with van der Waals surface area (Å²) >= 11 is 0. The summed E-state index contributed by atoms with van der Waals surface area (Å²) in [7, 11) is 3.50. The Morgan fingerprint density at radius 3 is 2.49 bits per heavy atom. The van der Waals surface area contributed by atoms with E-state index in [1.807, 2.05) is 29.8 Å². The zero-order chi connectivity index (χ0) is 29.1. The van der Waals surface area contributed by atoms with E-state index >= 15 is 0 Å². The number of carbonyl (C=O) groups is 2. The van der Waals surface area contributed by atoms with Crippen molar-refractivity contribution < 1.29 is 28.3 Å². The maximum Gasteiger partial charge on any atom is 0.322 e. The average molecular weight is 563 g/mol. The van der Waals surface area contributed by atoms with Crippen LogP contribution >= 0.6 is 0 Å². The highest BCUT2D eigenvalue weighted by Crippen LogP contribution is 2.50. The second-order valence-electron chi connectivity index (χ2n) is 10.7. The molecule has 4 aromatic rings. The Labute approximate surface area is 235 Å². The smallest absolute Gasteiger partial charge is 0.322 e. The molecule has 2 aromatic heterocycles. The number of aliphatic hydroxyl groups is 1. The first-order chi connectivity index (χ1) is 19.7. The molecule has 1 fully saturated rings. The predicted molar refractivity (Wildman–Crippen MR) is 150 cm³/mol. The van der Waals surface area contributed by atoms with Gasteiger partial charge in [0.1, 0.15) is 22.9 Å². The topological polar surface area (TPSA) is 125 Å². The average Bonchev–Trinajstić information content (AvgIpc) is 3.42. The Morgan fingerprint density at radius 2 is 1.85 bits per heavy atom. The van der Waals surface area contributed by atoms with Crippen molar-refractivity contribution in [3.05, 3.63) is 71.0 Å². The van der Waals surface area contributed by atoms with Gasteiger partial charge in [-0.2, -0.15) is 0 Å². The summed E-state index contributed by atoms with van der Waals surface area (Å²) < 4.78 is 26.1. The van der Waals surface area contributed by atoms with Crippen LogP contribution in [0.1, 0.15) is 28.8 Å². The van der Waals surface area contributed by atoms with E-state index in [-0.39, 0.29) is 19.2 Å². The highest BCUT2D eigenvalue weighted by atomic mass is 19.1. The van der Waals surface area contributed by atoms with Crippen LogP contribution in [0.3, 0.4) is 0 Å². The second kappa shape index (κ2) is 9.81. The molecule has 0 radical (unpaired) electrons. The lowest BCUT2D eigenvalue weighted by Crippen LogP contribution is -2.69. The number of nitrogens with zero attached hydrogens (tertiary/aromatic N) is 4. The van der Waals surface area contributed by atoms with Gasteiger partial charge in [0, 0.05) is 49.5 Å². The number of aryl methyl sites for hydroxylation is 3. The molecule has 1 atom stereocenters. The normalized spacial score (nSPS) is 17.4. The third-order valence-electron chi connectivity index (χ3n) is 8.22. The molecule has 12 heteroatoms. The van der Waals surface area contributed by atoms with Crippen LogP contribution in [-0.2, 0) is 12.5 Å². The van der Waals surface area contributed by atoms with Crippen LogP contribution in [0.25, 0.3) is 10.9 Å². The summed E-state index contributed by atoms with van der Waals surface area (Å²) in [4.78, 5) is 30.2. The van der Waals surface area contributed by atoms with Crippen molar-refractivity contribution in [2.45, 2.75) is 25.3 Å². The number of aliphatic hydroxyl groups excluding tert-OH is 1. The Kier molecular flexibility index (Phi) is 6.37. The Hall–Kier alpha value is -4.58. The van der Waals surface area contributed by atoms with Crippen LogP contribution in [0, 0.1) is 19.7 Å². The Balaban J connectivity index is 1.38. The molecule has 4 amide bonds. The SMILES string of the molecule is COc1ccc2c3c(n(C)c2c1)[C@@H](CO)N(C(=O)Nc1ccc(F)cc1)CC31CN(C(=O)Nc2c(C)noc2C)C1. The van der Waals surface area contributed by atoms with Crippen molar-refractivity contribution in [3.8, 4) is 5.75 Å². The number of amides is 4. The van der Waals surface area contributed by atoms with Crippen molar-refractivity contribution >= 4 is 34.3 Å². The highest BCUT2D eigenvalue weighted by Gasteiger charge is 2.55. The number of halogens is 1. The number of benzene rings is 2. The first kappa shape index (κ1) is 26.6. The number of hydrogen-bond donors (Lipinski definition) is 3. The van der Waals surface area contributed by atoms with Gasteiger partial charge in [-0.1, -0.05) is 5.16 Å². The van der Waals surface area contributed by atoms with Crippen molar-refractivity contribution in [2.24, 2.45) is 7.05 Å². The number of carbonyl (C=O) groups excluding carboxylic acids is 2. The van der Waals surface area contributed by atoms with Gasteiger partial charge in [0.2, 0.25) is 0 Å². The molecule has 0 saturated carbocycles. The van der Waals surface area contributed by atoms with Gasteiger partial charge in [0.05, 0.1) is 30.7 Å². The monoisotopic (exact) mass is 562 g/mol. The summed E-state index contributed by atoms with van der Waals surface area (Å²) in [6, 6.07) is 9.95. The fraction of sp³-hybridized carbons (Fsp3) is 0.345. The third kappa shape index (κ3) is 4.26. The first-order valence-electron chi connectivity index (χ1n) is 13.3. The largest absolute Gasteiger partial charge is 0.497 e. The third-order valence-corrected chi connectivity index (χ3v) is 8.22. The summed E-state index contributed by atoms with van der Waals surface area (Å²) in [6.45, 7) is 4.14. The predicted octanol–water partition coefficient (Wildman–Crippen LogP) is 4.30. The van der Waals surface area contributed by atoms with Gasteiger partial charge in [-0.25, -0.2) is 14.0 Å². The van der Waals surface area contributed by atoms with E-state index in [9.17, 15) is 19.1 Å². The van der Waals surface area contributed by atoms with Crippen LogP contribution in [0.2, 0.25) is 0 Å². The standard InChI is InChI=1S/C29H31FN6O5/c1-16-25(17(2)41-33-16)32-27(38)35-13-29(14-35)15-36(28(39)31-19-7-5-18(30)6-8-19)23(12-37)26-24(29)21-10-9-20(40-4)11-22(21)34(26)3/h5-11,23,37H,12-15H2,1-4H3,(H,31,39)(H,32,38)/t23-/m1/s1. The second-order valence-corrected chi connectivity index (χ2v) is 10.7. The van der Waals surface area contributed by atoms with E-state index in [0.717, 1.165) is 22.2 Å². The minimum Gasteiger partial charge on any atom is -0.497 e. The zero-order valence-electron chi connectivity index (χ0n) is 23.2. The van der Waals surface area contributed by atoms with Gasteiger partial charge in [-0.15, -0.1) is 0 Å². The van der Waals surface area contributed by atoms with E-state index in [4.69, 9.17) is 9.26 Å². The maximum absolute atomic E-state index is 13.7. The fourth-order valence-corrected chi connectivity index (χ4v) is 6.23. The first-order valence-corrected chi connectivity index (χ1v) is 13.3. The number of likely N-dealkylation sites (tertiary alicyclic amines) is 1. The molecule has 214 valence electrons. The van der Waals surface area contributed by atoms with Gasteiger partial charge in [-0.3, -0.25) is 0 Å². The number of nitrogens with one attached hydrogen (secondary N) is 2. The molecule has 1 spiro atoms.